The van der Waals surface area contributed by atoms with Crippen LogP contribution in [0.4, 0.5) is 10.7 Å². The average Bonchev–Trinajstić information content (AvgIpc) is 2.91. The Morgan fingerprint density at radius 2 is 1.94 bits per heavy atom. The van der Waals surface area contributed by atoms with Crippen molar-refractivity contribution >= 4 is 12.0 Å². The Balaban J connectivity index is 1.60. The van der Waals surface area contributed by atoms with Crippen LogP contribution < -0.4 is 10.5 Å². The number of aromatic nitrogens is 4. The first kappa shape index (κ1) is 23.9. The number of hydrogen-bond acceptors (Lipinski definition) is 7. The first-order chi connectivity index (χ1) is 17.4. The standard InChI is InChI=1S/C26H30N6O4/c1-2-19-15-26(9-12-30(19)25(35)36)10-13-31-23(34)14-21(20-8-11-27-17-28-20)29-24(31)32(26)16-22(33)18-6-4-3-5-7-18/h3-8,11,14,17,19,22,33H,2,9-10,12-13,15-16H2,1H3,(H,35,36)/t19?,22-,26?/m1/s1. The van der Waals surface area contributed by atoms with E-state index in [-0.39, 0.29) is 18.1 Å². The van der Waals surface area contributed by atoms with Gasteiger partial charge in [-0.15, -0.1) is 0 Å². The number of rotatable bonds is 5. The van der Waals surface area contributed by atoms with E-state index in [1.165, 1.54) is 17.3 Å². The molecule has 1 aromatic carbocycles. The van der Waals surface area contributed by atoms with Crippen molar-refractivity contribution in [2.45, 2.75) is 56.8 Å². The lowest BCUT2D eigenvalue weighted by Crippen LogP contribution is -2.63. The van der Waals surface area contributed by atoms with Crippen LogP contribution in [0.1, 0.15) is 44.3 Å². The maximum absolute atomic E-state index is 13.2. The van der Waals surface area contributed by atoms with Gasteiger partial charge in [-0.2, -0.15) is 0 Å². The third-order valence-corrected chi connectivity index (χ3v) is 7.58. The van der Waals surface area contributed by atoms with Gasteiger partial charge in [0.25, 0.3) is 5.56 Å². The van der Waals surface area contributed by atoms with Crippen molar-refractivity contribution in [1.82, 2.24) is 24.4 Å². The Hall–Kier alpha value is -3.79. The molecule has 1 saturated heterocycles. The van der Waals surface area contributed by atoms with E-state index in [2.05, 4.69) is 14.9 Å². The number of carboxylic acid groups (broad SMARTS) is 1. The van der Waals surface area contributed by atoms with Crippen molar-refractivity contribution < 1.29 is 15.0 Å². The van der Waals surface area contributed by atoms with E-state index in [0.29, 0.717) is 56.1 Å². The quantitative estimate of drug-likeness (QED) is 0.559. The zero-order valence-corrected chi connectivity index (χ0v) is 20.2. The highest BCUT2D eigenvalue weighted by Crippen LogP contribution is 2.42. The molecule has 1 spiro atoms. The lowest BCUT2D eigenvalue weighted by atomic mass is 9.77. The summed E-state index contributed by atoms with van der Waals surface area (Å²) >= 11 is 0. The number of benzene rings is 1. The molecule has 0 radical (unpaired) electrons. The van der Waals surface area contributed by atoms with Crippen LogP contribution in [0, 0.1) is 0 Å². The van der Waals surface area contributed by atoms with Gasteiger partial charge in [0, 0.05) is 36.9 Å². The number of carbonyl (C=O) groups is 1. The van der Waals surface area contributed by atoms with Crippen LogP contribution in [-0.2, 0) is 6.54 Å². The predicted molar refractivity (Wildman–Crippen MR) is 134 cm³/mol. The molecule has 1 amide bonds. The molecule has 2 aliphatic rings. The van der Waals surface area contributed by atoms with Gasteiger partial charge in [0.1, 0.15) is 6.33 Å². The molecule has 188 valence electrons. The molecule has 2 aromatic heterocycles. The molecule has 3 aromatic rings. The maximum atomic E-state index is 13.2. The number of fused-ring (bicyclic) bond motifs is 1. The summed E-state index contributed by atoms with van der Waals surface area (Å²) in [5, 5.41) is 21.0. The minimum Gasteiger partial charge on any atom is -0.465 e. The fourth-order valence-corrected chi connectivity index (χ4v) is 5.63. The van der Waals surface area contributed by atoms with Crippen LogP contribution in [0.2, 0.25) is 0 Å². The monoisotopic (exact) mass is 490 g/mol. The fraction of sp³-hybridized carbons (Fsp3) is 0.423. The molecule has 5 rings (SSSR count). The number of amides is 1. The molecule has 0 aliphatic carbocycles. The number of aliphatic hydroxyl groups excluding tert-OH is 1. The van der Waals surface area contributed by atoms with Gasteiger partial charge in [-0.1, -0.05) is 37.3 Å². The van der Waals surface area contributed by atoms with Gasteiger partial charge in [0.05, 0.1) is 24.0 Å². The molecule has 0 saturated carbocycles. The highest BCUT2D eigenvalue weighted by molar-refractivity contribution is 5.66. The van der Waals surface area contributed by atoms with Crippen LogP contribution in [0.15, 0.2) is 59.8 Å². The fourth-order valence-electron chi connectivity index (χ4n) is 5.63. The number of piperidine rings is 1. The van der Waals surface area contributed by atoms with Crippen LogP contribution in [0.5, 0.6) is 0 Å². The summed E-state index contributed by atoms with van der Waals surface area (Å²) in [6.45, 7) is 3.09. The molecule has 4 heterocycles. The summed E-state index contributed by atoms with van der Waals surface area (Å²) in [6, 6.07) is 12.4. The molecular weight excluding hydrogens is 460 g/mol. The van der Waals surface area contributed by atoms with Crippen LogP contribution in [0.25, 0.3) is 11.4 Å². The lowest BCUT2D eigenvalue weighted by Gasteiger charge is -2.54. The van der Waals surface area contributed by atoms with E-state index in [9.17, 15) is 19.8 Å². The van der Waals surface area contributed by atoms with Crippen molar-refractivity contribution in [2.75, 3.05) is 18.0 Å². The van der Waals surface area contributed by atoms with Crippen molar-refractivity contribution in [3.63, 3.8) is 0 Å². The van der Waals surface area contributed by atoms with Gasteiger partial charge < -0.3 is 20.0 Å². The minimum absolute atomic E-state index is 0.157. The second kappa shape index (κ2) is 9.69. The summed E-state index contributed by atoms with van der Waals surface area (Å²) < 4.78 is 1.65. The summed E-state index contributed by atoms with van der Waals surface area (Å²) in [5.41, 5.74) is 1.14. The number of likely N-dealkylation sites (tertiary alicyclic amines) is 1. The molecule has 10 nitrogen and oxygen atoms in total. The highest BCUT2D eigenvalue weighted by Gasteiger charge is 2.48. The predicted octanol–water partition coefficient (Wildman–Crippen LogP) is 2.94. The zero-order chi connectivity index (χ0) is 25.3. The van der Waals surface area contributed by atoms with E-state index in [4.69, 9.17) is 4.98 Å². The van der Waals surface area contributed by atoms with Gasteiger partial charge in [-0.3, -0.25) is 9.36 Å². The van der Waals surface area contributed by atoms with E-state index < -0.39 is 17.7 Å². The van der Waals surface area contributed by atoms with Crippen LogP contribution in [-0.4, -0.2) is 65.4 Å². The highest BCUT2D eigenvalue weighted by atomic mass is 16.4. The van der Waals surface area contributed by atoms with Gasteiger partial charge in [0.15, 0.2) is 0 Å². The first-order valence-electron chi connectivity index (χ1n) is 12.3. The first-order valence-corrected chi connectivity index (χ1v) is 12.3. The van der Waals surface area contributed by atoms with Gasteiger partial charge >= 0.3 is 6.09 Å². The van der Waals surface area contributed by atoms with E-state index in [1.54, 1.807) is 16.8 Å². The van der Waals surface area contributed by atoms with Crippen molar-refractivity contribution in [2.24, 2.45) is 0 Å². The number of nitrogens with zero attached hydrogens (tertiary/aromatic N) is 6. The van der Waals surface area contributed by atoms with Crippen molar-refractivity contribution in [1.29, 1.82) is 0 Å². The summed E-state index contributed by atoms with van der Waals surface area (Å²) in [5.74, 6) is 0.482. The molecule has 1 fully saturated rings. The van der Waals surface area contributed by atoms with Crippen LogP contribution in [0.3, 0.4) is 0 Å². The van der Waals surface area contributed by atoms with E-state index in [0.717, 1.165) is 5.56 Å². The molecule has 36 heavy (non-hydrogen) atoms. The number of β-amino-alcohol motifs (C(OH)–C–C–N with tert-alkyl or cyclic N) is 1. The Labute approximate surface area is 208 Å². The second-order valence-electron chi connectivity index (χ2n) is 9.53. The third-order valence-electron chi connectivity index (χ3n) is 7.58. The molecule has 2 aliphatic heterocycles. The second-order valence-corrected chi connectivity index (χ2v) is 9.53. The number of anilines is 1. The van der Waals surface area contributed by atoms with E-state index >= 15 is 0 Å². The number of aliphatic hydroxyl groups is 1. The smallest absolute Gasteiger partial charge is 0.407 e. The van der Waals surface area contributed by atoms with Crippen molar-refractivity contribution in [3.05, 3.63) is 70.9 Å². The summed E-state index contributed by atoms with van der Waals surface area (Å²) in [4.78, 5) is 41.8. The average molecular weight is 491 g/mol. The number of hydrogen-bond donors (Lipinski definition) is 2. The van der Waals surface area contributed by atoms with Gasteiger partial charge in [0.2, 0.25) is 5.95 Å². The molecule has 2 N–H and O–H groups in total. The maximum Gasteiger partial charge on any atom is 0.407 e. The minimum atomic E-state index is -0.913. The normalized spacial score (nSPS) is 22.3. The van der Waals surface area contributed by atoms with Gasteiger partial charge in [-0.05, 0) is 37.3 Å². The largest absolute Gasteiger partial charge is 0.465 e. The molecule has 2 unspecified atom stereocenters. The Kier molecular flexibility index (Phi) is 6.44. The summed E-state index contributed by atoms with van der Waals surface area (Å²) in [7, 11) is 0. The molecule has 10 heteroatoms. The molecule has 3 atom stereocenters. The molecular formula is C26H30N6O4. The third kappa shape index (κ3) is 4.32. The Bertz CT molecular complexity index is 1280. The topological polar surface area (TPSA) is 125 Å². The molecule has 0 bridgehead atoms. The van der Waals surface area contributed by atoms with Gasteiger partial charge in [-0.25, -0.2) is 19.7 Å². The van der Waals surface area contributed by atoms with E-state index in [1.807, 2.05) is 37.3 Å². The Morgan fingerprint density at radius 1 is 1.17 bits per heavy atom. The van der Waals surface area contributed by atoms with Crippen LogP contribution >= 0.6 is 0 Å². The van der Waals surface area contributed by atoms with Crippen molar-refractivity contribution in [3.8, 4) is 11.4 Å². The lowest BCUT2D eigenvalue weighted by molar-refractivity contribution is 0.0621. The zero-order valence-electron chi connectivity index (χ0n) is 20.2. The SMILES string of the molecule is CCC1CC2(CCN1C(=O)O)CCn1c(nc(-c3ccncn3)cc1=O)N2C[C@@H](O)c1ccccc1. The summed E-state index contributed by atoms with van der Waals surface area (Å²) in [6.07, 6.45) is 3.84. The Morgan fingerprint density at radius 3 is 2.64 bits per heavy atom.